The largest absolute Gasteiger partial charge is 0.391 e. The first-order valence-corrected chi connectivity index (χ1v) is 8.34. The molecule has 3 heteroatoms. The van der Waals surface area contributed by atoms with Crippen molar-refractivity contribution in [2.24, 2.45) is 0 Å². The zero-order chi connectivity index (χ0) is 17.7. The van der Waals surface area contributed by atoms with Crippen LogP contribution in [-0.2, 0) is 0 Å². The van der Waals surface area contributed by atoms with Gasteiger partial charge in [-0.3, -0.25) is 9.59 Å². The van der Waals surface area contributed by atoms with Crippen LogP contribution in [0.1, 0.15) is 61.3 Å². The van der Waals surface area contributed by atoms with Crippen molar-refractivity contribution in [3.05, 3.63) is 70.0 Å². The van der Waals surface area contributed by atoms with E-state index in [9.17, 15) is 9.59 Å². The summed E-state index contributed by atoms with van der Waals surface area (Å²) in [6.07, 6.45) is 5.42. The van der Waals surface area contributed by atoms with Gasteiger partial charge in [-0.15, -0.1) is 0 Å². The van der Waals surface area contributed by atoms with Gasteiger partial charge in [0.2, 0.25) is 0 Å². The van der Waals surface area contributed by atoms with Gasteiger partial charge in [0.25, 0.3) is 0 Å². The van der Waals surface area contributed by atoms with E-state index in [0.29, 0.717) is 28.7 Å². The van der Waals surface area contributed by atoms with Crippen LogP contribution in [-0.4, -0.2) is 18.1 Å². The molecule has 0 fully saturated rings. The van der Waals surface area contributed by atoms with Crippen LogP contribution in [0.25, 0.3) is 0 Å². The van der Waals surface area contributed by atoms with Crippen LogP contribution in [0, 0.1) is 0 Å². The van der Waals surface area contributed by atoms with Gasteiger partial charge < -0.3 is 5.32 Å². The SMILES string of the molecule is C/C=C(/CCNC=C(C)C)CC1=C(C)C(=O)c2ccccc2C1=O. The molecule has 1 aromatic rings. The molecule has 0 unspecified atom stereocenters. The minimum Gasteiger partial charge on any atom is -0.391 e. The second-order valence-corrected chi connectivity index (χ2v) is 6.36. The molecule has 0 aromatic heterocycles. The van der Waals surface area contributed by atoms with Crippen molar-refractivity contribution in [2.75, 3.05) is 6.54 Å². The Bertz CT molecular complexity index is 747. The van der Waals surface area contributed by atoms with Crippen molar-refractivity contribution in [1.82, 2.24) is 5.32 Å². The lowest BCUT2D eigenvalue weighted by Gasteiger charge is -2.20. The van der Waals surface area contributed by atoms with Gasteiger partial charge in [-0.2, -0.15) is 0 Å². The fraction of sp³-hybridized carbons (Fsp3) is 0.333. The Morgan fingerprint density at radius 2 is 1.71 bits per heavy atom. The molecule has 0 heterocycles. The third-order valence-corrected chi connectivity index (χ3v) is 4.28. The maximum atomic E-state index is 12.8. The molecule has 3 nitrogen and oxygen atoms in total. The van der Waals surface area contributed by atoms with Crippen LogP contribution in [0.2, 0.25) is 0 Å². The Morgan fingerprint density at radius 3 is 2.29 bits per heavy atom. The number of fused-ring (bicyclic) bond motifs is 1. The zero-order valence-electron chi connectivity index (χ0n) is 14.9. The number of nitrogens with one attached hydrogen (secondary N) is 1. The van der Waals surface area contributed by atoms with E-state index in [1.807, 2.05) is 39.1 Å². The van der Waals surface area contributed by atoms with Gasteiger partial charge in [-0.25, -0.2) is 0 Å². The smallest absolute Gasteiger partial charge is 0.190 e. The van der Waals surface area contributed by atoms with Crippen LogP contribution >= 0.6 is 0 Å². The molecule has 1 aliphatic carbocycles. The third-order valence-electron chi connectivity index (χ3n) is 4.28. The van der Waals surface area contributed by atoms with Crippen LogP contribution in [0.4, 0.5) is 0 Å². The molecule has 24 heavy (non-hydrogen) atoms. The quantitative estimate of drug-likeness (QED) is 0.613. The standard InChI is InChI=1S/C21H25NO2/c1-5-16(10-11-22-13-14(2)3)12-19-15(4)20(23)17-8-6-7-9-18(17)21(19)24/h5-9,13,22H,10-12H2,1-4H3/b16-5-. The number of rotatable bonds is 6. The second-order valence-electron chi connectivity index (χ2n) is 6.36. The van der Waals surface area contributed by atoms with E-state index in [-0.39, 0.29) is 11.6 Å². The fourth-order valence-electron chi connectivity index (χ4n) is 2.83. The lowest BCUT2D eigenvalue weighted by atomic mass is 9.82. The summed E-state index contributed by atoms with van der Waals surface area (Å²) in [4.78, 5) is 25.3. The third kappa shape index (κ3) is 3.91. The normalized spacial score (nSPS) is 14.6. The maximum Gasteiger partial charge on any atom is 0.190 e. The van der Waals surface area contributed by atoms with Crippen molar-refractivity contribution >= 4 is 11.6 Å². The first-order chi connectivity index (χ1) is 11.5. The molecule has 0 spiro atoms. The summed E-state index contributed by atoms with van der Waals surface area (Å²) in [7, 11) is 0. The number of allylic oxidation sites excluding steroid dienone is 4. The highest BCUT2D eigenvalue weighted by atomic mass is 16.1. The number of Topliss-reactive ketones (excluding diaryl/α,β-unsaturated/α-hetero) is 2. The van der Waals surface area contributed by atoms with Gasteiger partial charge in [-0.1, -0.05) is 41.5 Å². The van der Waals surface area contributed by atoms with Crippen molar-refractivity contribution in [2.45, 2.75) is 40.5 Å². The summed E-state index contributed by atoms with van der Waals surface area (Å²) in [6, 6.07) is 7.08. The Kier molecular flexibility index (Phi) is 5.91. The molecule has 2 rings (SSSR count). The Balaban J connectivity index is 2.16. The van der Waals surface area contributed by atoms with E-state index in [2.05, 4.69) is 5.32 Å². The summed E-state index contributed by atoms with van der Waals surface area (Å²) in [5.74, 6) is -0.0439. The lowest BCUT2D eigenvalue weighted by Crippen LogP contribution is -2.21. The minimum atomic E-state index is -0.0293. The molecule has 0 amide bonds. The van der Waals surface area contributed by atoms with E-state index in [4.69, 9.17) is 0 Å². The second kappa shape index (κ2) is 7.91. The van der Waals surface area contributed by atoms with Crippen LogP contribution in [0.5, 0.6) is 0 Å². The molecule has 0 bridgehead atoms. The van der Waals surface area contributed by atoms with Crippen LogP contribution < -0.4 is 5.32 Å². The van der Waals surface area contributed by atoms with Gasteiger partial charge in [0.05, 0.1) is 0 Å². The molecule has 1 N–H and O–H groups in total. The van der Waals surface area contributed by atoms with Crippen molar-refractivity contribution in [3.63, 3.8) is 0 Å². The average molecular weight is 323 g/mol. The van der Waals surface area contributed by atoms with Gasteiger partial charge in [0.15, 0.2) is 11.6 Å². The molecule has 1 aliphatic rings. The number of carbonyl (C=O) groups excluding carboxylic acids is 2. The number of hydrogen-bond donors (Lipinski definition) is 1. The summed E-state index contributed by atoms with van der Waals surface area (Å²) < 4.78 is 0. The highest BCUT2D eigenvalue weighted by molar-refractivity contribution is 6.26. The van der Waals surface area contributed by atoms with Crippen molar-refractivity contribution in [1.29, 1.82) is 0 Å². The summed E-state index contributed by atoms with van der Waals surface area (Å²) in [5, 5.41) is 3.26. The number of ketones is 2. The first kappa shape index (κ1) is 17.9. The average Bonchev–Trinajstić information content (AvgIpc) is 2.58. The summed E-state index contributed by atoms with van der Waals surface area (Å²) in [5.41, 5.74) is 4.65. The molecule has 126 valence electrons. The van der Waals surface area contributed by atoms with Gasteiger partial charge in [0.1, 0.15) is 0 Å². The molecular weight excluding hydrogens is 298 g/mol. The zero-order valence-corrected chi connectivity index (χ0v) is 14.9. The lowest BCUT2D eigenvalue weighted by molar-refractivity contribution is 0.0973. The van der Waals surface area contributed by atoms with Crippen molar-refractivity contribution < 1.29 is 9.59 Å². The highest BCUT2D eigenvalue weighted by Crippen LogP contribution is 2.30. The summed E-state index contributed by atoms with van der Waals surface area (Å²) >= 11 is 0. The van der Waals surface area contributed by atoms with E-state index in [1.54, 1.807) is 25.1 Å². The summed E-state index contributed by atoms with van der Waals surface area (Å²) in [6.45, 7) is 8.65. The Morgan fingerprint density at radius 1 is 1.08 bits per heavy atom. The number of hydrogen-bond acceptors (Lipinski definition) is 3. The van der Waals surface area contributed by atoms with E-state index in [1.165, 1.54) is 11.1 Å². The number of carbonyl (C=O) groups is 2. The van der Waals surface area contributed by atoms with Crippen LogP contribution in [0.3, 0.4) is 0 Å². The predicted octanol–water partition coefficient (Wildman–Crippen LogP) is 4.62. The monoisotopic (exact) mass is 323 g/mol. The Labute approximate surface area is 144 Å². The van der Waals surface area contributed by atoms with Gasteiger partial charge >= 0.3 is 0 Å². The Hall–Kier alpha value is -2.42. The first-order valence-electron chi connectivity index (χ1n) is 8.34. The van der Waals surface area contributed by atoms with Gasteiger partial charge in [-0.05, 0) is 46.7 Å². The van der Waals surface area contributed by atoms with Gasteiger partial charge in [0, 0.05) is 28.8 Å². The van der Waals surface area contributed by atoms with E-state index < -0.39 is 0 Å². The molecule has 0 radical (unpaired) electrons. The predicted molar refractivity (Wildman–Crippen MR) is 98.2 cm³/mol. The number of benzene rings is 1. The van der Waals surface area contributed by atoms with E-state index in [0.717, 1.165) is 13.0 Å². The maximum absolute atomic E-state index is 12.8. The molecular formula is C21H25NO2. The van der Waals surface area contributed by atoms with Crippen molar-refractivity contribution in [3.8, 4) is 0 Å². The molecule has 1 aromatic carbocycles. The topological polar surface area (TPSA) is 46.2 Å². The molecule has 0 atom stereocenters. The minimum absolute atomic E-state index is 0.0145. The van der Waals surface area contributed by atoms with E-state index >= 15 is 0 Å². The molecule has 0 aliphatic heterocycles. The fourth-order valence-corrected chi connectivity index (χ4v) is 2.83. The molecule has 0 saturated carbocycles. The van der Waals surface area contributed by atoms with Crippen LogP contribution in [0.15, 0.2) is 58.8 Å². The highest BCUT2D eigenvalue weighted by Gasteiger charge is 2.29. The molecule has 0 saturated heterocycles.